The van der Waals surface area contributed by atoms with Gasteiger partial charge in [-0.05, 0) is 66.0 Å². The van der Waals surface area contributed by atoms with Gasteiger partial charge in [0, 0.05) is 58.5 Å². The van der Waals surface area contributed by atoms with E-state index in [0.29, 0.717) is 23.4 Å². The zero-order chi connectivity index (χ0) is 40.2. The van der Waals surface area contributed by atoms with Crippen molar-refractivity contribution >= 4 is 54.1 Å². The fraction of sp³-hybridized carbons (Fsp3) is 0.326. The van der Waals surface area contributed by atoms with Crippen LogP contribution in [0.1, 0.15) is 41.2 Å². The van der Waals surface area contributed by atoms with E-state index >= 15 is 4.11 Å². The summed E-state index contributed by atoms with van der Waals surface area (Å²) in [5.74, 6) is -1.84. The first-order valence-electron chi connectivity index (χ1n) is 19.2. The van der Waals surface area contributed by atoms with Gasteiger partial charge in [-0.15, -0.1) is 0 Å². The molecule has 3 aliphatic heterocycles. The highest BCUT2D eigenvalue weighted by Gasteiger charge is 2.67. The Kier molecular flexibility index (Phi) is 9.82. The molecule has 1 spiro atoms. The number of hydrogen-bond acceptors (Lipinski definition) is 7. The molecule has 8 rings (SSSR count). The Balaban J connectivity index is 1.08. The first-order chi connectivity index (χ1) is 27.3. The van der Waals surface area contributed by atoms with E-state index in [1.165, 1.54) is 36.2 Å². The van der Waals surface area contributed by atoms with Crippen molar-refractivity contribution in [3.05, 3.63) is 135 Å². The second kappa shape index (κ2) is 14.7. The summed E-state index contributed by atoms with van der Waals surface area (Å²) in [7, 11) is -3.68. The highest BCUT2D eigenvalue weighted by molar-refractivity contribution is 6.72. The fourth-order valence-electron chi connectivity index (χ4n) is 9.42. The Morgan fingerprint density at radius 1 is 1.05 bits per heavy atom. The number of nitro groups is 1. The van der Waals surface area contributed by atoms with Crippen molar-refractivity contribution in [3.63, 3.8) is 0 Å². The molecule has 12 nitrogen and oxygen atoms in total. The van der Waals surface area contributed by atoms with Gasteiger partial charge in [-0.3, -0.25) is 24.5 Å². The summed E-state index contributed by atoms with van der Waals surface area (Å²) < 4.78 is 23.4. The molecule has 4 aromatic carbocycles. The summed E-state index contributed by atoms with van der Waals surface area (Å²) in [6.07, 6.45) is 1.19. The first kappa shape index (κ1) is 38.2. The molecule has 1 fully saturated rings. The molecule has 5 atom stereocenters. The maximum atomic E-state index is 16.6. The van der Waals surface area contributed by atoms with Gasteiger partial charge in [-0.25, -0.2) is 0 Å². The lowest BCUT2D eigenvalue weighted by Gasteiger charge is -2.37. The van der Waals surface area contributed by atoms with Crippen molar-refractivity contribution in [1.82, 2.24) is 9.88 Å². The largest absolute Gasteiger partial charge is 0.394 e. The van der Waals surface area contributed by atoms with Crippen LogP contribution in [0.3, 0.4) is 0 Å². The minimum atomic E-state index is -3.68. The van der Waals surface area contributed by atoms with Crippen LogP contribution in [0.4, 0.5) is 21.2 Å². The van der Waals surface area contributed by atoms with Gasteiger partial charge >= 0.3 is 0 Å². The number of carbonyl (C=O) groups is 3. The van der Waals surface area contributed by atoms with Crippen LogP contribution in [0.15, 0.2) is 97.2 Å². The Hall–Kier alpha value is -5.70. The predicted molar refractivity (Wildman–Crippen MR) is 216 cm³/mol. The second-order valence-electron chi connectivity index (χ2n) is 15.9. The number of ether oxygens (including phenoxy) is 1. The molecule has 3 amide bonds. The molecule has 4 heterocycles. The topological polar surface area (TPSA) is 158 Å². The number of benzene rings is 4. The molecule has 3 N–H and O–H groups in total. The number of nitrogens with one attached hydrogen (secondary N) is 2. The Labute approximate surface area is 330 Å². The number of aromatic amines is 1. The molecule has 294 valence electrons. The SMILES string of the molecule is C[C@H]1[C@H]([Si](C)(C)F)[C@@H](CC(=O)N2Cc3ccccc3C[C@H]2CO)O[C@]12C(=O)N(Cc1cccc(NC(=O)Cc3c[nH]c4ccccc34)c1)c1ccc([N+](=O)[O-])cc12. The Morgan fingerprint density at radius 3 is 2.56 bits per heavy atom. The van der Waals surface area contributed by atoms with Crippen LogP contribution >= 0.6 is 0 Å². The molecule has 0 saturated carbocycles. The van der Waals surface area contributed by atoms with E-state index in [0.717, 1.165) is 27.6 Å². The van der Waals surface area contributed by atoms with E-state index in [-0.39, 0.29) is 55.6 Å². The van der Waals surface area contributed by atoms with Gasteiger partial charge in [-0.1, -0.05) is 61.5 Å². The van der Waals surface area contributed by atoms with E-state index in [2.05, 4.69) is 10.3 Å². The number of aromatic nitrogens is 1. The number of para-hydroxylation sites is 1. The third-order valence-electron chi connectivity index (χ3n) is 12.0. The molecule has 0 radical (unpaired) electrons. The van der Waals surface area contributed by atoms with E-state index in [1.807, 2.05) is 60.8 Å². The van der Waals surface area contributed by atoms with Crippen LogP contribution in [-0.4, -0.2) is 64.8 Å². The van der Waals surface area contributed by atoms with Gasteiger partial charge in [-0.2, -0.15) is 0 Å². The summed E-state index contributed by atoms with van der Waals surface area (Å²) in [5, 5.41) is 26.3. The molecule has 0 bridgehead atoms. The zero-order valence-corrected chi connectivity index (χ0v) is 32.9. The number of nitrogens with zero attached hydrogens (tertiary/aromatic N) is 3. The van der Waals surface area contributed by atoms with E-state index < -0.39 is 48.4 Å². The summed E-state index contributed by atoms with van der Waals surface area (Å²) in [4.78, 5) is 60.2. The number of aliphatic hydroxyl groups is 1. The number of H-pyrrole nitrogens is 1. The number of anilines is 2. The number of nitro benzene ring substituents is 1. The van der Waals surface area contributed by atoms with Crippen molar-refractivity contribution in [3.8, 4) is 0 Å². The molecule has 1 aromatic heterocycles. The van der Waals surface area contributed by atoms with Crippen LogP contribution in [0.5, 0.6) is 0 Å². The van der Waals surface area contributed by atoms with Gasteiger partial charge < -0.3 is 34.1 Å². The quantitative estimate of drug-likeness (QED) is 0.0600. The summed E-state index contributed by atoms with van der Waals surface area (Å²) in [5.41, 5.74) is 2.79. The molecule has 14 heteroatoms. The van der Waals surface area contributed by atoms with Crippen LogP contribution < -0.4 is 10.2 Å². The van der Waals surface area contributed by atoms with Crippen LogP contribution in [0.25, 0.3) is 10.9 Å². The van der Waals surface area contributed by atoms with E-state index in [4.69, 9.17) is 4.74 Å². The Morgan fingerprint density at radius 2 is 1.81 bits per heavy atom. The highest BCUT2D eigenvalue weighted by Crippen LogP contribution is 2.61. The molecule has 1 saturated heterocycles. The van der Waals surface area contributed by atoms with Crippen LogP contribution in [0.2, 0.25) is 18.6 Å². The second-order valence-corrected chi connectivity index (χ2v) is 19.7. The maximum Gasteiger partial charge on any atom is 0.269 e. The van der Waals surface area contributed by atoms with Crippen molar-refractivity contribution in [2.24, 2.45) is 5.92 Å². The van der Waals surface area contributed by atoms with Gasteiger partial charge in [0.15, 0.2) is 5.60 Å². The van der Waals surface area contributed by atoms with Crippen molar-refractivity contribution in [1.29, 1.82) is 0 Å². The molecule has 0 aliphatic carbocycles. The average molecular weight is 790 g/mol. The summed E-state index contributed by atoms with van der Waals surface area (Å²) in [6.45, 7) is 4.86. The third kappa shape index (κ3) is 6.81. The van der Waals surface area contributed by atoms with Crippen LogP contribution in [0, 0.1) is 16.0 Å². The van der Waals surface area contributed by atoms with Crippen LogP contribution in [-0.2, 0) is 50.7 Å². The number of non-ortho nitro benzene ring substituents is 1. The first-order valence-corrected chi connectivity index (χ1v) is 22.1. The number of hydrogen-bond donors (Lipinski definition) is 3. The summed E-state index contributed by atoms with van der Waals surface area (Å²) >= 11 is 0. The predicted octanol–water partition coefficient (Wildman–Crippen LogP) is 6.92. The lowest BCUT2D eigenvalue weighted by atomic mass is 9.82. The smallest absolute Gasteiger partial charge is 0.269 e. The monoisotopic (exact) mass is 789 g/mol. The number of amides is 3. The number of aliphatic hydroxyl groups excluding tert-OH is 1. The average Bonchev–Trinajstić information content (AvgIpc) is 3.80. The number of fused-ring (bicyclic) bond motifs is 4. The van der Waals surface area contributed by atoms with Crippen molar-refractivity contribution in [2.45, 2.75) is 75.7 Å². The highest BCUT2D eigenvalue weighted by atomic mass is 28.4. The molecular formula is C43H44FN5O7Si. The number of rotatable bonds is 10. The third-order valence-corrected chi connectivity index (χ3v) is 14.5. The van der Waals surface area contributed by atoms with E-state index in [9.17, 15) is 29.6 Å². The number of halogens is 1. The van der Waals surface area contributed by atoms with Gasteiger partial charge in [0.2, 0.25) is 20.2 Å². The van der Waals surface area contributed by atoms with Gasteiger partial charge in [0.1, 0.15) is 0 Å². The molecule has 0 unspecified atom stereocenters. The standard InChI is InChI=1S/C43H44FN5O7Si/c1-26-41(57(2,3)44)38(21-40(52)47-24-29-11-5-4-10-28(29)18-33(47)25-50)56-43(26)35-20-32(49(54)55)15-16-37(35)48(42(43)53)23-27-9-8-12-31(17-27)46-39(51)19-30-22-45-36-14-7-6-13-34(30)36/h4-17,20,22,26,33,38,41,45,50H,18-19,21,23-25H2,1-3H3,(H,46,51)/t26-,33-,38+,41-,43+/m0/s1. The number of carbonyl (C=O) groups excluding carboxylic acids is 3. The lowest BCUT2D eigenvalue weighted by molar-refractivity contribution is -0.385. The maximum absolute atomic E-state index is 16.6. The molecule has 5 aromatic rings. The Bertz CT molecular complexity index is 2410. The minimum Gasteiger partial charge on any atom is -0.394 e. The van der Waals surface area contributed by atoms with Crippen molar-refractivity contribution in [2.75, 3.05) is 16.8 Å². The normalized spacial score (nSPS) is 22.9. The fourth-order valence-corrected chi connectivity index (χ4v) is 11.9. The van der Waals surface area contributed by atoms with Gasteiger partial charge in [0.05, 0.1) is 48.7 Å². The molecular weight excluding hydrogens is 746 g/mol. The summed E-state index contributed by atoms with van der Waals surface area (Å²) in [6, 6.07) is 26.3. The minimum absolute atomic E-state index is 0.0315. The molecule has 3 aliphatic rings. The van der Waals surface area contributed by atoms with Gasteiger partial charge in [0.25, 0.3) is 11.6 Å². The zero-order valence-electron chi connectivity index (χ0n) is 31.9. The van der Waals surface area contributed by atoms with Crippen molar-refractivity contribution < 1.29 is 33.3 Å². The lowest BCUT2D eigenvalue weighted by Crippen LogP contribution is -2.48. The molecule has 57 heavy (non-hydrogen) atoms. The van der Waals surface area contributed by atoms with E-state index in [1.54, 1.807) is 30.0 Å².